The number of carboxylic acid groups (broad SMARTS) is 1. The molecular formula is C19H35N7O5. The minimum Gasteiger partial charge on any atom is -0.480 e. The van der Waals surface area contributed by atoms with E-state index >= 15 is 0 Å². The number of hydrogen-bond acceptors (Lipinski definition) is 6. The first-order valence-electron chi connectivity index (χ1n) is 10.5. The molecular weight excluding hydrogens is 406 g/mol. The first kappa shape index (κ1) is 26.1. The van der Waals surface area contributed by atoms with Crippen molar-refractivity contribution < 1.29 is 24.3 Å². The molecule has 0 saturated carbocycles. The Morgan fingerprint density at radius 2 is 1.94 bits per heavy atom. The van der Waals surface area contributed by atoms with E-state index in [4.69, 9.17) is 17.2 Å². The van der Waals surface area contributed by atoms with Gasteiger partial charge in [0.2, 0.25) is 17.7 Å². The Kier molecular flexibility index (Phi) is 10.7. The highest BCUT2D eigenvalue weighted by Crippen LogP contribution is 2.21. The third-order valence-corrected chi connectivity index (χ3v) is 5.34. The summed E-state index contributed by atoms with van der Waals surface area (Å²) in [6.07, 6.45) is 2.43. The number of nitrogens with one attached hydrogen (secondary N) is 2. The largest absolute Gasteiger partial charge is 0.480 e. The van der Waals surface area contributed by atoms with Gasteiger partial charge in [-0.2, -0.15) is 0 Å². The van der Waals surface area contributed by atoms with Crippen LogP contribution in [0.2, 0.25) is 0 Å². The molecule has 3 amide bonds. The SMILES string of the molecule is CCC(C)C(NC(=O)CNC(=O)C(N)CCCN=C(N)N)C(=O)N1CCCC1C(=O)O. The molecule has 0 aromatic carbocycles. The van der Waals surface area contributed by atoms with Gasteiger partial charge in [-0.15, -0.1) is 0 Å². The van der Waals surface area contributed by atoms with E-state index in [1.54, 1.807) is 6.92 Å². The summed E-state index contributed by atoms with van der Waals surface area (Å²) in [5, 5.41) is 14.4. The fourth-order valence-corrected chi connectivity index (χ4v) is 3.32. The summed E-state index contributed by atoms with van der Waals surface area (Å²) in [4.78, 5) is 53.9. The molecule has 4 atom stereocenters. The predicted molar refractivity (Wildman–Crippen MR) is 115 cm³/mol. The van der Waals surface area contributed by atoms with Gasteiger partial charge in [-0.3, -0.25) is 19.4 Å². The van der Waals surface area contributed by atoms with Crippen molar-refractivity contribution >= 4 is 29.7 Å². The lowest BCUT2D eigenvalue weighted by Gasteiger charge is -2.30. The van der Waals surface area contributed by atoms with Gasteiger partial charge in [-0.1, -0.05) is 20.3 Å². The zero-order valence-electron chi connectivity index (χ0n) is 18.2. The molecule has 31 heavy (non-hydrogen) atoms. The molecule has 176 valence electrons. The van der Waals surface area contributed by atoms with Crippen LogP contribution in [0.15, 0.2) is 4.99 Å². The maximum Gasteiger partial charge on any atom is 0.326 e. The molecule has 12 nitrogen and oxygen atoms in total. The van der Waals surface area contributed by atoms with Gasteiger partial charge in [-0.05, 0) is 31.6 Å². The van der Waals surface area contributed by atoms with Gasteiger partial charge in [0.25, 0.3) is 0 Å². The molecule has 12 heteroatoms. The van der Waals surface area contributed by atoms with Crippen LogP contribution in [0.25, 0.3) is 0 Å². The molecule has 1 saturated heterocycles. The Morgan fingerprint density at radius 3 is 2.52 bits per heavy atom. The molecule has 0 aliphatic carbocycles. The number of carbonyl (C=O) groups is 4. The van der Waals surface area contributed by atoms with Gasteiger partial charge in [-0.25, -0.2) is 4.79 Å². The molecule has 0 bridgehead atoms. The van der Waals surface area contributed by atoms with Crippen molar-refractivity contribution in [1.82, 2.24) is 15.5 Å². The van der Waals surface area contributed by atoms with Crippen molar-refractivity contribution in [2.75, 3.05) is 19.6 Å². The van der Waals surface area contributed by atoms with E-state index in [9.17, 15) is 24.3 Å². The zero-order valence-corrected chi connectivity index (χ0v) is 18.2. The molecule has 0 spiro atoms. The van der Waals surface area contributed by atoms with Crippen LogP contribution in [-0.2, 0) is 19.2 Å². The Morgan fingerprint density at radius 1 is 1.26 bits per heavy atom. The molecule has 1 aliphatic rings. The molecule has 4 unspecified atom stereocenters. The number of nitrogens with zero attached hydrogens (tertiary/aromatic N) is 2. The summed E-state index contributed by atoms with van der Waals surface area (Å²) in [5.74, 6) is -2.78. The van der Waals surface area contributed by atoms with Crippen LogP contribution < -0.4 is 27.8 Å². The van der Waals surface area contributed by atoms with Crippen molar-refractivity contribution in [2.45, 2.75) is 64.1 Å². The molecule has 9 N–H and O–H groups in total. The maximum absolute atomic E-state index is 12.9. The lowest BCUT2D eigenvalue weighted by Crippen LogP contribution is -2.55. The molecule has 1 fully saturated rings. The first-order chi connectivity index (χ1) is 14.6. The second-order valence-corrected chi connectivity index (χ2v) is 7.73. The summed E-state index contributed by atoms with van der Waals surface area (Å²) in [5.41, 5.74) is 16.2. The zero-order chi connectivity index (χ0) is 23.6. The molecule has 1 aliphatic heterocycles. The van der Waals surface area contributed by atoms with Crippen LogP contribution in [0.4, 0.5) is 0 Å². The topological polar surface area (TPSA) is 206 Å². The van der Waals surface area contributed by atoms with Crippen molar-refractivity contribution in [3.05, 3.63) is 0 Å². The van der Waals surface area contributed by atoms with Gasteiger partial charge in [0.1, 0.15) is 12.1 Å². The quantitative estimate of drug-likeness (QED) is 0.114. The number of aliphatic imine (C=N–C) groups is 1. The monoisotopic (exact) mass is 441 g/mol. The van der Waals surface area contributed by atoms with Crippen LogP contribution in [0, 0.1) is 5.92 Å². The van der Waals surface area contributed by atoms with Crippen molar-refractivity contribution in [3.63, 3.8) is 0 Å². The summed E-state index contributed by atoms with van der Waals surface area (Å²) >= 11 is 0. The molecule has 1 rings (SSSR count). The lowest BCUT2D eigenvalue weighted by molar-refractivity contribution is -0.150. The fourth-order valence-electron chi connectivity index (χ4n) is 3.32. The van der Waals surface area contributed by atoms with E-state index in [0.29, 0.717) is 45.2 Å². The van der Waals surface area contributed by atoms with Gasteiger partial charge >= 0.3 is 5.97 Å². The van der Waals surface area contributed by atoms with Crippen molar-refractivity contribution in [1.29, 1.82) is 0 Å². The number of carboxylic acids is 1. The fraction of sp³-hybridized carbons (Fsp3) is 0.737. The number of amides is 3. The minimum atomic E-state index is -1.05. The number of rotatable bonds is 12. The lowest BCUT2D eigenvalue weighted by atomic mass is 9.97. The predicted octanol–water partition coefficient (Wildman–Crippen LogP) is -1.91. The Labute approximate surface area is 182 Å². The van der Waals surface area contributed by atoms with Crippen LogP contribution in [-0.4, -0.2) is 77.4 Å². The van der Waals surface area contributed by atoms with E-state index in [0.717, 1.165) is 0 Å². The third-order valence-electron chi connectivity index (χ3n) is 5.34. The summed E-state index contributed by atoms with van der Waals surface area (Å²) in [6.45, 7) is 4.02. The Balaban J connectivity index is 2.60. The third kappa shape index (κ3) is 8.40. The summed E-state index contributed by atoms with van der Waals surface area (Å²) in [6, 6.07) is -2.58. The highest BCUT2D eigenvalue weighted by Gasteiger charge is 2.39. The van der Waals surface area contributed by atoms with Crippen LogP contribution in [0.3, 0.4) is 0 Å². The molecule has 0 aromatic heterocycles. The average Bonchev–Trinajstić information content (AvgIpc) is 3.22. The second kappa shape index (κ2) is 12.7. The minimum absolute atomic E-state index is 0.0382. The summed E-state index contributed by atoms with van der Waals surface area (Å²) in [7, 11) is 0. The number of nitrogens with two attached hydrogens (primary N) is 3. The van der Waals surface area contributed by atoms with E-state index in [1.807, 2.05) is 6.92 Å². The maximum atomic E-state index is 12.9. The van der Waals surface area contributed by atoms with Gasteiger partial charge in [0.15, 0.2) is 5.96 Å². The normalized spacial score (nSPS) is 18.5. The Bertz CT molecular complexity index is 681. The van der Waals surface area contributed by atoms with Gasteiger partial charge in [0.05, 0.1) is 12.6 Å². The summed E-state index contributed by atoms with van der Waals surface area (Å²) < 4.78 is 0. The molecule has 0 radical (unpaired) electrons. The van der Waals surface area contributed by atoms with Crippen LogP contribution in [0.1, 0.15) is 46.0 Å². The van der Waals surface area contributed by atoms with Gasteiger partial charge < -0.3 is 37.8 Å². The highest BCUT2D eigenvalue weighted by atomic mass is 16.4. The average molecular weight is 442 g/mol. The molecule has 1 heterocycles. The number of hydrogen-bond donors (Lipinski definition) is 6. The second-order valence-electron chi connectivity index (χ2n) is 7.73. The van der Waals surface area contributed by atoms with E-state index in [2.05, 4.69) is 15.6 Å². The van der Waals surface area contributed by atoms with E-state index < -0.39 is 41.8 Å². The smallest absolute Gasteiger partial charge is 0.326 e. The first-order valence-corrected chi connectivity index (χ1v) is 10.5. The van der Waals surface area contributed by atoms with Crippen LogP contribution in [0.5, 0.6) is 0 Å². The number of aliphatic carboxylic acids is 1. The number of guanidine groups is 1. The standard InChI is InChI=1S/C19H35N7O5/c1-3-11(2)15(17(29)26-9-5-7-13(26)18(30)31)25-14(27)10-24-16(28)12(20)6-4-8-23-19(21)22/h11-13,15H,3-10,20H2,1-2H3,(H,24,28)(H,25,27)(H,30,31)(H4,21,22,23). The van der Waals surface area contributed by atoms with Gasteiger partial charge in [0, 0.05) is 13.1 Å². The van der Waals surface area contributed by atoms with Crippen molar-refractivity contribution in [3.8, 4) is 0 Å². The van der Waals surface area contributed by atoms with E-state index in [1.165, 1.54) is 4.90 Å². The Hall–Kier alpha value is -2.89. The molecule has 0 aromatic rings. The van der Waals surface area contributed by atoms with Crippen LogP contribution >= 0.6 is 0 Å². The van der Waals surface area contributed by atoms with E-state index in [-0.39, 0.29) is 18.4 Å². The van der Waals surface area contributed by atoms with Crippen molar-refractivity contribution in [2.24, 2.45) is 28.1 Å². The highest BCUT2D eigenvalue weighted by molar-refractivity contribution is 5.93. The number of likely N-dealkylation sites (tertiary alicyclic amines) is 1. The number of carbonyl (C=O) groups excluding carboxylic acids is 3.